The largest absolute Gasteiger partial charge is 0.494 e. The fraction of sp³-hybridized carbons (Fsp3) is 0.375. The minimum absolute atomic E-state index is 0.0320. The zero-order valence-electron chi connectivity index (χ0n) is 25.4. The first-order chi connectivity index (χ1) is 20.2. The van der Waals surface area contributed by atoms with Crippen LogP contribution >= 0.6 is 23.2 Å². The Hall–Kier alpha value is -3.27. The summed E-state index contributed by atoms with van der Waals surface area (Å²) in [7, 11) is -4.19. The molecule has 3 aromatic rings. The van der Waals surface area contributed by atoms with Gasteiger partial charge in [0.05, 0.1) is 17.2 Å². The van der Waals surface area contributed by atoms with Gasteiger partial charge in [0.15, 0.2) is 0 Å². The highest BCUT2D eigenvalue weighted by molar-refractivity contribution is 7.92. The van der Waals surface area contributed by atoms with Crippen LogP contribution in [0.3, 0.4) is 0 Å². The summed E-state index contributed by atoms with van der Waals surface area (Å²) in [6.45, 7) is 10.9. The van der Waals surface area contributed by atoms with Gasteiger partial charge in [-0.2, -0.15) is 0 Å². The summed E-state index contributed by atoms with van der Waals surface area (Å²) >= 11 is 12.6. The number of benzene rings is 3. The monoisotopic (exact) mass is 647 g/mol. The molecule has 0 saturated heterocycles. The number of halogens is 2. The Bertz CT molecular complexity index is 1520. The first-order valence-corrected chi connectivity index (χ1v) is 16.2. The summed E-state index contributed by atoms with van der Waals surface area (Å²) in [5, 5.41) is 3.70. The third-order valence-corrected chi connectivity index (χ3v) is 8.94. The molecule has 0 saturated carbocycles. The van der Waals surface area contributed by atoms with E-state index in [-0.39, 0.29) is 29.5 Å². The van der Waals surface area contributed by atoms with Crippen molar-refractivity contribution >= 4 is 50.7 Å². The van der Waals surface area contributed by atoms with Crippen LogP contribution in [0, 0.1) is 6.92 Å². The Kier molecular flexibility index (Phi) is 11.5. The van der Waals surface area contributed by atoms with E-state index >= 15 is 0 Å². The third-order valence-electron chi connectivity index (χ3n) is 6.56. The van der Waals surface area contributed by atoms with E-state index in [1.54, 1.807) is 61.5 Å². The van der Waals surface area contributed by atoms with Gasteiger partial charge in [-0.05, 0) is 95.1 Å². The van der Waals surface area contributed by atoms with Crippen LogP contribution in [0.25, 0.3) is 0 Å². The molecule has 0 aliphatic heterocycles. The lowest BCUT2D eigenvalue weighted by Gasteiger charge is -2.35. The van der Waals surface area contributed by atoms with Crippen molar-refractivity contribution in [2.45, 2.75) is 71.0 Å². The van der Waals surface area contributed by atoms with Crippen LogP contribution in [0.2, 0.25) is 10.0 Å². The number of nitrogens with zero attached hydrogens (tertiary/aromatic N) is 2. The number of aryl methyl sites for hydroxylation is 1. The molecule has 0 radical (unpaired) electrons. The highest BCUT2D eigenvalue weighted by atomic mass is 35.5. The summed E-state index contributed by atoms with van der Waals surface area (Å²) in [5.41, 5.74) is 1.18. The van der Waals surface area contributed by atoms with Crippen LogP contribution in [0.15, 0.2) is 71.6 Å². The first-order valence-electron chi connectivity index (χ1n) is 14.0. The van der Waals surface area contributed by atoms with Crippen molar-refractivity contribution < 1.29 is 22.7 Å². The van der Waals surface area contributed by atoms with E-state index < -0.39 is 34.1 Å². The molecule has 232 valence electrons. The van der Waals surface area contributed by atoms with E-state index in [9.17, 15) is 18.0 Å². The van der Waals surface area contributed by atoms with Crippen LogP contribution in [-0.4, -0.2) is 49.9 Å². The Labute approximate surface area is 265 Å². The lowest BCUT2D eigenvalue weighted by molar-refractivity contribution is -0.141. The maximum Gasteiger partial charge on any atom is 0.264 e. The van der Waals surface area contributed by atoms with Gasteiger partial charge in [0.2, 0.25) is 11.8 Å². The average molecular weight is 649 g/mol. The van der Waals surface area contributed by atoms with E-state index in [4.69, 9.17) is 27.9 Å². The second kappa shape index (κ2) is 14.5. The topological polar surface area (TPSA) is 96.0 Å². The van der Waals surface area contributed by atoms with Gasteiger partial charge in [0, 0.05) is 22.1 Å². The van der Waals surface area contributed by atoms with Crippen molar-refractivity contribution in [3.05, 3.63) is 87.9 Å². The van der Waals surface area contributed by atoms with Gasteiger partial charge in [0.25, 0.3) is 10.0 Å². The van der Waals surface area contributed by atoms with Crippen LogP contribution in [0.4, 0.5) is 5.69 Å². The molecule has 0 spiro atoms. The van der Waals surface area contributed by atoms with Gasteiger partial charge in [-0.1, -0.05) is 53.9 Å². The zero-order chi connectivity index (χ0) is 31.9. The molecule has 1 atom stereocenters. The molecule has 8 nitrogen and oxygen atoms in total. The molecule has 0 heterocycles. The lowest BCUT2D eigenvalue weighted by Crippen LogP contribution is -2.55. The number of ether oxygens (including phenoxy) is 1. The summed E-state index contributed by atoms with van der Waals surface area (Å²) < 4.78 is 34.7. The highest BCUT2D eigenvalue weighted by Gasteiger charge is 2.35. The van der Waals surface area contributed by atoms with Crippen molar-refractivity contribution in [2.75, 3.05) is 17.5 Å². The normalized spacial score (nSPS) is 12.4. The number of sulfonamides is 1. The SMILES string of the molecule is CCOc1ccc(N(CC(=O)N(Cc2ccc(Cl)cc2Cl)C(CC)C(=O)NC(C)(C)C)S(=O)(=O)c2ccc(C)cc2)cc1. The van der Waals surface area contributed by atoms with Gasteiger partial charge in [-0.3, -0.25) is 13.9 Å². The summed E-state index contributed by atoms with van der Waals surface area (Å²) in [4.78, 5) is 29.1. The van der Waals surface area contributed by atoms with Gasteiger partial charge in [-0.25, -0.2) is 8.42 Å². The van der Waals surface area contributed by atoms with Crippen LogP contribution in [0.5, 0.6) is 5.75 Å². The molecule has 3 aromatic carbocycles. The molecule has 0 aromatic heterocycles. The number of carbonyl (C=O) groups excluding carboxylic acids is 2. The van der Waals surface area contributed by atoms with Crippen molar-refractivity contribution in [3.8, 4) is 5.75 Å². The quantitative estimate of drug-likeness (QED) is 0.238. The molecule has 0 bridgehead atoms. The number of nitrogens with one attached hydrogen (secondary N) is 1. The predicted molar refractivity (Wildman–Crippen MR) is 172 cm³/mol. The first kappa shape index (κ1) is 34.2. The van der Waals surface area contributed by atoms with E-state index in [2.05, 4.69) is 5.32 Å². The molecule has 3 rings (SSSR count). The van der Waals surface area contributed by atoms with Gasteiger partial charge >= 0.3 is 0 Å². The molecule has 0 aliphatic rings. The summed E-state index contributed by atoms with van der Waals surface area (Å²) in [6.07, 6.45) is 0.284. The van der Waals surface area contributed by atoms with Crippen molar-refractivity contribution in [1.82, 2.24) is 10.2 Å². The van der Waals surface area contributed by atoms with Crippen LogP contribution in [-0.2, 0) is 26.2 Å². The lowest BCUT2D eigenvalue weighted by atomic mass is 10.1. The molecule has 43 heavy (non-hydrogen) atoms. The fourth-order valence-corrected chi connectivity index (χ4v) is 6.33. The molecule has 1 unspecified atom stereocenters. The Balaban J connectivity index is 2.10. The second-order valence-corrected chi connectivity index (χ2v) is 13.9. The van der Waals surface area contributed by atoms with Gasteiger partial charge < -0.3 is 15.0 Å². The zero-order valence-corrected chi connectivity index (χ0v) is 27.7. The Morgan fingerprint density at radius 1 is 0.953 bits per heavy atom. The number of hydrogen-bond donors (Lipinski definition) is 1. The number of amides is 2. The van der Waals surface area contributed by atoms with E-state index in [1.165, 1.54) is 17.0 Å². The molecule has 2 amide bonds. The average Bonchev–Trinajstić information content (AvgIpc) is 2.92. The maximum absolute atomic E-state index is 14.2. The molecular formula is C32H39Cl2N3O5S. The minimum atomic E-state index is -4.19. The number of carbonyl (C=O) groups is 2. The Morgan fingerprint density at radius 3 is 2.12 bits per heavy atom. The standard InChI is InChI=1S/C32H39Cl2N3O5S/c1-7-29(31(39)35-32(4,5)6)36(20-23-11-12-24(33)19-28(23)34)30(38)21-37(25-13-15-26(16-14-25)42-8-2)43(40,41)27-17-9-22(3)10-18-27/h9-19,29H,7-8,20-21H2,1-6H3,(H,35,39). The number of hydrogen-bond acceptors (Lipinski definition) is 5. The molecule has 1 N–H and O–H groups in total. The second-order valence-electron chi connectivity index (χ2n) is 11.2. The minimum Gasteiger partial charge on any atom is -0.494 e. The van der Waals surface area contributed by atoms with Crippen molar-refractivity contribution in [3.63, 3.8) is 0 Å². The smallest absolute Gasteiger partial charge is 0.264 e. The third kappa shape index (κ3) is 9.11. The van der Waals surface area contributed by atoms with E-state index in [1.807, 2.05) is 34.6 Å². The highest BCUT2D eigenvalue weighted by Crippen LogP contribution is 2.28. The number of rotatable bonds is 12. The molecule has 11 heteroatoms. The van der Waals surface area contributed by atoms with E-state index in [0.29, 0.717) is 28.0 Å². The number of anilines is 1. The Morgan fingerprint density at radius 2 is 1.58 bits per heavy atom. The maximum atomic E-state index is 14.2. The summed E-state index contributed by atoms with van der Waals surface area (Å²) in [5.74, 6) is -0.372. The molecule has 0 aliphatic carbocycles. The van der Waals surface area contributed by atoms with E-state index in [0.717, 1.165) is 9.87 Å². The van der Waals surface area contributed by atoms with Gasteiger partial charge in [-0.15, -0.1) is 0 Å². The summed E-state index contributed by atoms with van der Waals surface area (Å²) in [6, 6.07) is 16.9. The van der Waals surface area contributed by atoms with Crippen molar-refractivity contribution in [2.24, 2.45) is 0 Å². The predicted octanol–water partition coefficient (Wildman–Crippen LogP) is 6.62. The molecule has 0 fully saturated rings. The van der Waals surface area contributed by atoms with Crippen LogP contribution in [0.1, 0.15) is 52.2 Å². The van der Waals surface area contributed by atoms with Crippen molar-refractivity contribution in [1.29, 1.82) is 0 Å². The fourth-order valence-electron chi connectivity index (χ4n) is 4.45. The van der Waals surface area contributed by atoms with Crippen LogP contribution < -0.4 is 14.4 Å². The van der Waals surface area contributed by atoms with Gasteiger partial charge in [0.1, 0.15) is 18.3 Å². The molecular weight excluding hydrogens is 609 g/mol.